The van der Waals surface area contributed by atoms with Crippen LogP contribution in [0.25, 0.3) is 11.0 Å². The molecular weight excluding hydrogens is 366 g/mol. The lowest BCUT2D eigenvalue weighted by atomic mass is 10.1. The van der Waals surface area contributed by atoms with E-state index in [0.717, 1.165) is 34.4 Å². The number of carbonyl (C=O) groups is 1. The molecule has 0 N–H and O–H groups in total. The largest absolute Gasteiger partial charge is 0.345 e. The van der Waals surface area contributed by atoms with E-state index in [9.17, 15) is 4.79 Å². The van der Waals surface area contributed by atoms with Crippen molar-refractivity contribution in [3.8, 4) is 0 Å². The second-order valence-corrected chi connectivity index (χ2v) is 7.26. The smallest absolute Gasteiger partial charge is 0.223 e. The normalized spacial score (nSPS) is 17.8. The first-order valence-electron chi connectivity index (χ1n) is 8.05. The molecule has 0 aliphatic carbocycles. The number of aromatic nitrogens is 2. The maximum Gasteiger partial charge on any atom is 0.223 e. The van der Waals surface area contributed by atoms with Crippen molar-refractivity contribution in [3.63, 3.8) is 0 Å². The molecule has 2 aromatic carbocycles. The molecule has 1 amide bonds. The van der Waals surface area contributed by atoms with Crippen LogP contribution in [0.4, 0.5) is 0 Å². The highest BCUT2D eigenvalue weighted by Crippen LogP contribution is 2.30. The number of fused-ring (bicyclic) bond motifs is 1. The maximum atomic E-state index is 12.0. The predicted octanol–water partition coefficient (Wildman–Crippen LogP) is 3.79. The van der Waals surface area contributed by atoms with E-state index >= 15 is 0 Å². The van der Waals surface area contributed by atoms with Crippen LogP contribution in [0, 0.1) is 0 Å². The fourth-order valence-electron chi connectivity index (χ4n) is 3.38. The summed E-state index contributed by atoms with van der Waals surface area (Å²) in [6, 6.07) is 16.5. The molecule has 4 nitrogen and oxygen atoms in total. The molecule has 1 aliphatic heterocycles. The lowest BCUT2D eigenvalue weighted by Gasteiger charge is -2.14. The minimum absolute atomic E-state index is 0.158. The first-order valence-corrected chi connectivity index (χ1v) is 8.84. The summed E-state index contributed by atoms with van der Waals surface area (Å²) in [7, 11) is 1.87. The molecule has 0 bridgehead atoms. The summed E-state index contributed by atoms with van der Waals surface area (Å²) < 4.78 is 3.33. The van der Waals surface area contributed by atoms with E-state index in [2.05, 4.69) is 50.8 Å². The van der Waals surface area contributed by atoms with Gasteiger partial charge in [-0.25, -0.2) is 4.98 Å². The first kappa shape index (κ1) is 15.4. The number of para-hydroxylation sites is 2. The van der Waals surface area contributed by atoms with Crippen molar-refractivity contribution >= 4 is 32.9 Å². The number of imidazole rings is 1. The molecular formula is C19H18BrN3O. The lowest BCUT2D eigenvalue weighted by Crippen LogP contribution is -2.19. The Bertz CT molecular complexity index is 901. The van der Waals surface area contributed by atoms with Crippen LogP contribution >= 0.6 is 15.9 Å². The topological polar surface area (TPSA) is 38.1 Å². The van der Waals surface area contributed by atoms with Gasteiger partial charge in [0.15, 0.2) is 0 Å². The summed E-state index contributed by atoms with van der Waals surface area (Å²) in [4.78, 5) is 18.6. The minimum Gasteiger partial charge on any atom is -0.345 e. The summed E-state index contributed by atoms with van der Waals surface area (Å²) in [6.07, 6.45) is 0.542. The van der Waals surface area contributed by atoms with E-state index in [1.807, 2.05) is 25.2 Å². The number of halogens is 1. The fourth-order valence-corrected chi connectivity index (χ4v) is 3.65. The number of amides is 1. The highest BCUT2D eigenvalue weighted by Gasteiger charge is 2.31. The molecule has 1 saturated heterocycles. The van der Waals surface area contributed by atoms with Crippen molar-refractivity contribution in [2.24, 2.45) is 0 Å². The van der Waals surface area contributed by atoms with E-state index in [-0.39, 0.29) is 11.8 Å². The average Bonchev–Trinajstić information content (AvgIpc) is 3.11. The fraction of sp³-hybridized carbons (Fsp3) is 0.263. The zero-order valence-corrected chi connectivity index (χ0v) is 15.0. The van der Waals surface area contributed by atoms with Crippen LogP contribution < -0.4 is 0 Å². The van der Waals surface area contributed by atoms with Gasteiger partial charge in [0.2, 0.25) is 5.91 Å². The monoisotopic (exact) mass is 383 g/mol. The molecule has 1 unspecified atom stereocenters. The van der Waals surface area contributed by atoms with E-state index in [1.54, 1.807) is 4.90 Å². The van der Waals surface area contributed by atoms with Gasteiger partial charge in [0.1, 0.15) is 5.82 Å². The number of hydrogen-bond acceptors (Lipinski definition) is 2. The number of nitrogens with zero attached hydrogens (tertiary/aromatic N) is 3. The Morgan fingerprint density at radius 1 is 1.17 bits per heavy atom. The Kier molecular flexibility index (Phi) is 3.88. The molecule has 122 valence electrons. The molecule has 0 spiro atoms. The number of hydrogen-bond donors (Lipinski definition) is 0. The Morgan fingerprint density at radius 2 is 1.92 bits per heavy atom. The SMILES string of the molecule is CN1CC(c2nc3ccccc3n2Cc2ccc(Br)cc2)CC1=O. The van der Waals surface area contributed by atoms with Gasteiger partial charge >= 0.3 is 0 Å². The number of benzene rings is 2. The van der Waals surface area contributed by atoms with Crippen molar-refractivity contribution in [3.05, 3.63) is 64.4 Å². The van der Waals surface area contributed by atoms with Gasteiger partial charge in [0, 0.05) is 36.9 Å². The number of likely N-dealkylation sites (tertiary alicyclic amines) is 1. The summed E-state index contributed by atoms with van der Waals surface area (Å²) in [5.74, 6) is 1.37. The van der Waals surface area contributed by atoms with Crippen LogP contribution in [-0.2, 0) is 11.3 Å². The molecule has 0 radical (unpaired) electrons. The van der Waals surface area contributed by atoms with Crippen molar-refractivity contribution in [2.75, 3.05) is 13.6 Å². The van der Waals surface area contributed by atoms with Gasteiger partial charge in [0.25, 0.3) is 0 Å². The molecule has 5 heteroatoms. The van der Waals surface area contributed by atoms with Gasteiger partial charge < -0.3 is 9.47 Å². The van der Waals surface area contributed by atoms with Crippen LogP contribution in [0.1, 0.15) is 23.7 Å². The zero-order chi connectivity index (χ0) is 16.7. The van der Waals surface area contributed by atoms with E-state index in [4.69, 9.17) is 4.98 Å². The number of carbonyl (C=O) groups excluding carboxylic acids is 1. The molecule has 0 saturated carbocycles. The molecule has 3 aromatic rings. The molecule has 1 aromatic heterocycles. The number of rotatable bonds is 3. The summed E-state index contributed by atoms with van der Waals surface area (Å²) in [6.45, 7) is 1.50. The number of likely N-dealkylation sites (N-methyl/N-ethyl adjacent to an activating group) is 1. The Balaban J connectivity index is 1.78. The Hall–Kier alpha value is -2.14. The molecule has 4 rings (SSSR count). The third kappa shape index (κ3) is 2.73. The highest BCUT2D eigenvalue weighted by atomic mass is 79.9. The van der Waals surface area contributed by atoms with Crippen molar-refractivity contribution < 1.29 is 4.79 Å². The molecule has 1 atom stereocenters. The third-order valence-corrected chi connectivity index (χ3v) is 5.17. The quantitative estimate of drug-likeness (QED) is 0.689. The van der Waals surface area contributed by atoms with E-state index < -0.39 is 0 Å². The van der Waals surface area contributed by atoms with Gasteiger partial charge in [-0.1, -0.05) is 40.2 Å². The highest BCUT2D eigenvalue weighted by molar-refractivity contribution is 9.10. The van der Waals surface area contributed by atoms with Crippen molar-refractivity contribution in [2.45, 2.75) is 18.9 Å². The third-order valence-electron chi connectivity index (χ3n) is 4.64. The van der Waals surface area contributed by atoms with E-state index in [0.29, 0.717) is 6.42 Å². The van der Waals surface area contributed by atoms with Crippen LogP contribution in [0.2, 0.25) is 0 Å². The summed E-state index contributed by atoms with van der Waals surface area (Å²) >= 11 is 3.48. The van der Waals surface area contributed by atoms with Crippen molar-refractivity contribution in [1.29, 1.82) is 0 Å². The van der Waals surface area contributed by atoms with Gasteiger partial charge in [-0.2, -0.15) is 0 Å². The van der Waals surface area contributed by atoms with Gasteiger partial charge in [-0.3, -0.25) is 4.79 Å². The Morgan fingerprint density at radius 3 is 2.62 bits per heavy atom. The van der Waals surface area contributed by atoms with Crippen LogP contribution in [-0.4, -0.2) is 34.0 Å². The van der Waals surface area contributed by atoms with Gasteiger partial charge in [-0.05, 0) is 29.8 Å². The van der Waals surface area contributed by atoms with Gasteiger partial charge in [-0.15, -0.1) is 0 Å². The van der Waals surface area contributed by atoms with Crippen LogP contribution in [0.15, 0.2) is 53.0 Å². The molecule has 2 heterocycles. The van der Waals surface area contributed by atoms with Crippen molar-refractivity contribution in [1.82, 2.24) is 14.5 Å². The predicted molar refractivity (Wildman–Crippen MR) is 98.0 cm³/mol. The van der Waals surface area contributed by atoms with Crippen LogP contribution in [0.3, 0.4) is 0 Å². The van der Waals surface area contributed by atoms with E-state index in [1.165, 1.54) is 5.56 Å². The minimum atomic E-state index is 0.158. The average molecular weight is 384 g/mol. The summed E-state index contributed by atoms with van der Waals surface area (Å²) in [5, 5.41) is 0. The standard InChI is InChI=1S/C19H18BrN3O/c1-22-12-14(10-18(22)24)19-21-16-4-2-3-5-17(16)23(19)11-13-6-8-15(20)9-7-13/h2-9,14H,10-12H2,1H3. The lowest BCUT2D eigenvalue weighted by molar-refractivity contribution is -0.126. The molecule has 24 heavy (non-hydrogen) atoms. The second kappa shape index (κ2) is 6.06. The summed E-state index contributed by atoms with van der Waals surface area (Å²) in [5.41, 5.74) is 3.34. The van der Waals surface area contributed by atoms with Crippen LogP contribution in [0.5, 0.6) is 0 Å². The second-order valence-electron chi connectivity index (χ2n) is 6.35. The van der Waals surface area contributed by atoms with Gasteiger partial charge in [0.05, 0.1) is 11.0 Å². The molecule has 1 aliphatic rings. The zero-order valence-electron chi connectivity index (χ0n) is 13.4. The maximum absolute atomic E-state index is 12.0. The molecule has 1 fully saturated rings. The Labute approximate surface area is 149 Å². The first-order chi connectivity index (χ1) is 11.6.